The van der Waals surface area contributed by atoms with Crippen molar-refractivity contribution < 1.29 is 14.6 Å². The molecule has 1 saturated heterocycles. The zero-order valence-corrected chi connectivity index (χ0v) is 12.3. The van der Waals surface area contributed by atoms with E-state index in [1.54, 1.807) is 7.11 Å². The maximum atomic E-state index is 12.5. The molecule has 1 aliphatic heterocycles. The standard InChI is InChI=1S/C17H21NO3/c1-21-13-15-8-9-18(12-15)17(20)16-7-4-6-14(11-16)5-2-3-10-19/h4,6-7,11,15,19H,3,8-10,12-13H2,1H3. The van der Waals surface area contributed by atoms with Crippen LogP contribution in [0.5, 0.6) is 0 Å². The maximum Gasteiger partial charge on any atom is 0.253 e. The number of carbonyl (C=O) groups is 1. The van der Waals surface area contributed by atoms with Gasteiger partial charge in [0, 0.05) is 43.7 Å². The molecule has 1 aliphatic rings. The highest BCUT2D eigenvalue weighted by Crippen LogP contribution is 2.19. The van der Waals surface area contributed by atoms with Crippen LogP contribution in [0.15, 0.2) is 24.3 Å². The van der Waals surface area contributed by atoms with Gasteiger partial charge >= 0.3 is 0 Å². The molecule has 4 nitrogen and oxygen atoms in total. The topological polar surface area (TPSA) is 49.8 Å². The second-order valence-corrected chi connectivity index (χ2v) is 5.22. The predicted octanol–water partition coefficient (Wildman–Crippen LogP) is 1.53. The minimum Gasteiger partial charge on any atom is -0.395 e. The highest BCUT2D eigenvalue weighted by atomic mass is 16.5. The molecule has 2 rings (SSSR count). The van der Waals surface area contributed by atoms with E-state index in [4.69, 9.17) is 9.84 Å². The van der Waals surface area contributed by atoms with Gasteiger partial charge < -0.3 is 14.7 Å². The van der Waals surface area contributed by atoms with Crippen LogP contribution in [0.2, 0.25) is 0 Å². The Balaban J connectivity index is 2.03. The summed E-state index contributed by atoms with van der Waals surface area (Å²) in [5.74, 6) is 6.32. The Hall–Kier alpha value is -1.83. The summed E-state index contributed by atoms with van der Waals surface area (Å²) in [6.07, 6.45) is 1.44. The minimum atomic E-state index is 0.0550. The Bertz CT molecular complexity index is 544. The summed E-state index contributed by atoms with van der Waals surface area (Å²) in [5.41, 5.74) is 1.48. The van der Waals surface area contributed by atoms with Crippen LogP contribution in [0.1, 0.15) is 28.8 Å². The Morgan fingerprint density at radius 1 is 1.52 bits per heavy atom. The molecule has 1 aromatic carbocycles. The van der Waals surface area contributed by atoms with Crippen molar-refractivity contribution >= 4 is 5.91 Å². The molecular formula is C17H21NO3. The number of carbonyl (C=O) groups excluding carboxylic acids is 1. The van der Waals surface area contributed by atoms with E-state index in [-0.39, 0.29) is 12.5 Å². The molecular weight excluding hydrogens is 266 g/mol. The summed E-state index contributed by atoms with van der Waals surface area (Å²) in [6.45, 7) is 2.30. The van der Waals surface area contributed by atoms with Gasteiger partial charge in [0.2, 0.25) is 0 Å². The number of hydrogen-bond donors (Lipinski definition) is 1. The number of rotatable bonds is 4. The van der Waals surface area contributed by atoms with Gasteiger partial charge in [-0.05, 0) is 24.6 Å². The molecule has 1 N–H and O–H groups in total. The number of benzene rings is 1. The predicted molar refractivity (Wildman–Crippen MR) is 80.9 cm³/mol. The highest BCUT2D eigenvalue weighted by molar-refractivity contribution is 5.94. The van der Waals surface area contributed by atoms with E-state index in [0.717, 1.165) is 25.1 Å². The van der Waals surface area contributed by atoms with Gasteiger partial charge in [0.25, 0.3) is 5.91 Å². The van der Waals surface area contributed by atoms with Crippen molar-refractivity contribution in [3.63, 3.8) is 0 Å². The summed E-state index contributed by atoms with van der Waals surface area (Å²) in [7, 11) is 1.69. The number of ether oxygens (including phenoxy) is 1. The first-order chi connectivity index (χ1) is 10.2. The fourth-order valence-electron chi connectivity index (χ4n) is 2.52. The van der Waals surface area contributed by atoms with E-state index in [9.17, 15) is 4.79 Å². The van der Waals surface area contributed by atoms with Crippen LogP contribution < -0.4 is 0 Å². The molecule has 0 aliphatic carbocycles. The first-order valence-corrected chi connectivity index (χ1v) is 7.22. The molecule has 1 unspecified atom stereocenters. The zero-order valence-electron chi connectivity index (χ0n) is 12.3. The molecule has 0 bridgehead atoms. The summed E-state index contributed by atoms with van der Waals surface area (Å²) >= 11 is 0. The van der Waals surface area contributed by atoms with Crippen molar-refractivity contribution in [2.24, 2.45) is 5.92 Å². The molecule has 0 spiro atoms. The van der Waals surface area contributed by atoms with E-state index >= 15 is 0 Å². The zero-order chi connectivity index (χ0) is 15.1. The normalized spacial score (nSPS) is 17.4. The Labute approximate surface area is 125 Å². The average Bonchev–Trinajstić information content (AvgIpc) is 2.96. The Morgan fingerprint density at radius 2 is 2.38 bits per heavy atom. The van der Waals surface area contributed by atoms with Gasteiger partial charge in [-0.15, -0.1) is 0 Å². The number of amides is 1. The fraction of sp³-hybridized carbons (Fsp3) is 0.471. The van der Waals surface area contributed by atoms with Crippen molar-refractivity contribution in [1.82, 2.24) is 4.90 Å². The second kappa shape index (κ2) is 7.82. The van der Waals surface area contributed by atoms with Crippen LogP contribution >= 0.6 is 0 Å². The lowest BCUT2D eigenvalue weighted by Crippen LogP contribution is -2.29. The minimum absolute atomic E-state index is 0.0550. The van der Waals surface area contributed by atoms with E-state index < -0.39 is 0 Å². The molecule has 112 valence electrons. The lowest BCUT2D eigenvalue weighted by Gasteiger charge is -2.16. The summed E-state index contributed by atoms with van der Waals surface area (Å²) < 4.78 is 5.16. The number of aliphatic hydroxyl groups is 1. The third-order valence-corrected chi connectivity index (χ3v) is 3.55. The summed E-state index contributed by atoms with van der Waals surface area (Å²) in [4.78, 5) is 14.4. The van der Waals surface area contributed by atoms with Crippen LogP contribution in [0.3, 0.4) is 0 Å². The van der Waals surface area contributed by atoms with Crippen LogP contribution in [-0.2, 0) is 4.74 Å². The van der Waals surface area contributed by atoms with Crippen molar-refractivity contribution in [2.45, 2.75) is 12.8 Å². The van der Waals surface area contributed by atoms with Gasteiger partial charge in [-0.3, -0.25) is 4.79 Å². The Kier molecular flexibility index (Phi) is 5.79. The number of nitrogens with zero attached hydrogens (tertiary/aromatic N) is 1. The SMILES string of the molecule is COCC1CCN(C(=O)c2cccc(C#CCCO)c2)C1. The second-order valence-electron chi connectivity index (χ2n) is 5.22. The molecule has 0 radical (unpaired) electrons. The van der Waals surface area contributed by atoms with Crippen molar-refractivity contribution in [2.75, 3.05) is 33.4 Å². The van der Waals surface area contributed by atoms with Crippen LogP contribution in [0.4, 0.5) is 0 Å². The van der Waals surface area contributed by atoms with Gasteiger partial charge in [-0.2, -0.15) is 0 Å². The highest BCUT2D eigenvalue weighted by Gasteiger charge is 2.26. The summed E-state index contributed by atoms with van der Waals surface area (Å²) in [5, 5.41) is 8.73. The first kappa shape index (κ1) is 15.6. The van der Waals surface area contributed by atoms with E-state index in [0.29, 0.717) is 24.5 Å². The number of aliphatic hydroxyl groups excluding tert-OH is 1. The van der Waals surface area contributed by atoms with Gasteiger partial charge in [0.1, 0.15) is 0 Å². The molecule has 0 saturated carbocycles. The third kappa shape index (κ3) is 4.32. The smallest absolute Gasteiger partial charge is 0.253 e. The molecule has 4 heteroatoms. The fourth-order valence-corrected chi connectivity index (χ4v) is 2.52. The maximum absolute atomic E-state index is 12.5. The Morgan fingerprint density at radius 3 is 3.14 bits per heavy atom. The average molecular weight is 287 g/mol. The van der Waals surface area contributed by atoms with Crippen molar-refractivity contribution in [3.05, 3.63) is 35.4 Å². The van der Waals surface area contributed by atoms with Crippen LogP contribution in [0, 0.1) is 17.8 Å². The van der Waals surface area contributed by atoms with Gasteiger partial charge in [-0.25, -0.2) is 0 Å². The van der Waals surface area contributed by atoms with Crippen molar-refractivity contribution in [1.29, 1.82) is 0 Å². The largest absolute Gasteiger partial charge is 0.395 e. The summed E-state index contributed by atoms with van der Waals surface area (Å²) in [6, 6.07) is 7.36. The molecule has 1 fully saturated rings. The van der Waals surface area contributed by atoms with Gasteiger partial charge in [0.05, 0.1) is 13.2 Å². The number of hydrogen-bond acceptors (Lipinski definition) is 3. The third-order valence-electron chi connectivity index (χ3n) is 3.55. The molecule has 1 heterocycles. The van der Waals surface area contributed by atoms with Gasteiger partial charge in [0.15, 0.2) is 0 Å². The molecule has 1 atom stereocenters. The molecule has 1 aromatic rings. The van der Waals surface area contributed by atoms with E-state index in [2.05, 4.69) is 11.8 Å². The lowest BCUT2D eigenvalue weighted by molar-refractivity contribution is 0.0775. The first-order valence-electron chi connectivity index (χ1n) is 7.22. The molecule has 1 amide bonds. The van der Waals surface area contributed by atoms with Gasteiger partial charge in [-0.1, -0.05) is 17.9 Å². The van der Waals surface area contributed by atoms with Crippen molar-refractivity contribution in [3.8, 4) is 11.8 Å². The lowest BCUT2D eigenvalue weighted by atomic mass is 10.1. The molecule has 0 aromatic heterocycles. The number of likely N-dealkylation sites (tertiary alicyclic amines) is 1. The van der Waals surface area contributed by atoms with E-state index in [1.165, 1.54) is 0 Å². The quantitative estimate of drug-likeness (QED) is 0.854. The van der Waals surface area contributed by atoms with Crippen LogP contribution in [0.25, 0.3) is 0 Å². The number of methoxy groups -OCH3 is 1. The monoisotopic (exact) mass is 287 g/mol. The van der Waals surface area contributed by atoms with Crippen LogP contribution in [-0.4, -0.2) is 49.3 Å². The van der Waals surface area contributed by atoms with E-state index in [1.807, 2.05) is 29.2 Å². The molecule has 21 heavy (non-hydrogen) atoms.